The Hall–Kier alpha value is -1.47. The second-order valence-electron chi connectivity index (χ2n) is 15.4. The Morgan fingerprint density at radius 1 is 0.481 bits per heavy atom. The van der Waals surface area contributed by atoms with E-state index in [0.717, 1.165) is 57.8 Å². The van der Waals surface area contributed by atoms with E-state index >= 15 is 0 Å². The second-order valence-corrected chi connectivity index (χ2v) is 16.6. The average Bonchev–Trinajstić information content (AvgIpc) is 3.14. The molecule has 0 aromatic rings. The first-order chi connectivity index (χ1) is 26.3. The standard InChI is InChI=1S/C45H85O8P/c1-3-5-7-9-11-13-15-17-19-20-21-22-23-24-26-27-29-31-33-35-37-39-44(46)51-41-43(42-52-54(48,49)50)53-45(47)40-38-36-34-32-30-28-25-18-16-14-12-10-8-6-4-2/h12,14,18,25,43H,3-11,13,15-17,19-24,26-42H2,1-2H3,(H2,48,49,50)/b14-12-,25-18-. The van der Waals surface area contributed by atoms with Crippen LogP contribution in [0.25, 0.3) is 0 Å². The number of phosphoric acid groups is 1. The number of carbonyl (C=O) groups is 2. The van der Waals surface area contributed by atoms with Gasteiger partial charge in [-0.25, -0.2) is 4.57 Å². The summed E-state index contributed by atoms with van der Waals surface area (Å²) in [5.74, 6) is -0.890. The number of rotatable bonds is 42. The van der Waals surface area contributed by atoms with Crippen LogP contribution in [0.5, 0.6) is 0 Å². The molecule has 2 N–H and O–H groups in total. The maximum Gasteiger partial charge on any atom is 0.469 e. The van der Waals surface area contributed by atoms with Crippen molar-refractivity contribution in [3.05, 3.63) is 24.3 Å². The van der Waals surface area contributed by atoms with E-state index in [2.05, 4.69) is 42.7 Å². The van der Waals surface area contributed by atoms with Crippen LogP contribution in [-0.2, 0) is 28.2 Å². The fraction of sp³-hybridized carbons (Fsp3) is 0.867. The minimum absolute atomic E-state index is 0.199. The minimum atomic E-state index is -4.76. The maximum atomic E-state index is 12.4. The van der Waals surface area contributed by atoms with Crippen molar-refractivity contribution < 1.29 is 37.9 Å². The zero-order valence-corrected chi connectivity index (χ0v) is 36.0. The fourth-order valence-electron chi connectivity index (χ4n) is 6.58. The SMILES string of the molecule is CCCCC/C=C\C/C=C\CCCCCCCC(=O)OC(COC(=O)CCCCCCCCCCCCCCCCCCCCCCC)COP(=O)(O)O. The highest BCUT2D eigenvalue weighted by atomic mass is 31.2. The van der Waals surface area contributed by atoms with Gasteiger partial charge in [0, 0.05) is 12.8 Å². The molecule has 0 aliphatic carbocycles. The highest BCUT2D eigenvalue weighted by molar-refractivity contribution is 7.46. The van der Waals surface area contributed by atoms with Gasteiger partial charge in [0.25, 0.3) is 0 Å². The van der Waals surface area contributed by atoms with Crippen LogP contribution >= 0.6 is 7.82 Å². The molecule has 1 atom stereocenters. The smallest absolute Gasteiger partial charge is 0.462 e. The molecule has 0 bridgehead atoms. The zero-order valence-electron chi connectivity index (χ0n) is 35.1. The van der Waals surface area contributed by atoms with E-state index in [1.54, 1.807) is 0 Å². The molecule has 1 unspecified atom stereocenters. The van der Waals surface area contributed by atoms with Crippen molar-refractivity contribution in [1.82, 2.24) is 0 Å². The molecule has 0 saturated carbocycles. The van der Waals surface area contributed by atoms with Crippen molar-refractivity contribution >= 4 is 19.8 Å². The van der Waals surface area contributed by atoms with Crippen LogP contribution in [0.2, 0.25) is 0 Å². The fourth-order valence-corrected chi connectivity index (χ4v) is 6.94. The Morgan fingerprint density at radius 3 is 1.26 bits per heavy atom. The molecule has 0 aromatic carbocycles. The van der Waals surface area contributed by atoms with Crippen molar-refractivity contribution in [3.63, 3.8) is 0 Å². The number of esters is 2. The van der Waals surface area contributed by atoms with Gasteiger partial charge in [-0.1, -0.05) is 199 Å². The lowest BCUT2D eigenvalue weighted by molar-refractivity contribution is -0.161. The van der Waals surface area contributed by atoms with Crippen LogP contribution in [0, 0.1) is 0 Å². The second kappa shape index (κ2) is 41.2. The van der Waals surface area contributed by atoms with Gasteiger partial charge >= 0.3 is 19.8 Å². The number of hydrogen-bond donors (Lipinski definition) is 2. The third kappa shape index (κ3) is 43.3. The van der Waals surface area contributed by atoms with E-state index in [1.165, 1.54) is 141 Å². The number of ether oxygens (including phenoxy) is 2. The first kappa shape index (κ1) is 52.5. The minimum Gasteiger partial charge on any atom is -0.462 e. The van der Waals surface area contributed by atoms with Crippen LogP contribution < -0.4 is 0 Å². The third-order valence-corrected chi connectivity index (χ3v) is 10.5. The van der Waals surface area contributed by atoms with Gasteiger partial charge in [-0.2, -0.15) is 0 Å². The summed E-state index contributed by atoms with van der Waals surface area (Å²) in [4.78, 5) is 42.9. The third-order valence-electron chi connectivity index (χ3n) is 9.97. The van der Waals surface area contributed by atoms with E-state index in [9.17, 15) is 14.2 Å². The van der Waals surface area contributed by atoms with E-state index < -0.39 is 32.5 Å². The predicted octanol–water partition coefficient (Wildman–Crippen LogP) is 14.0. The maximum absolute atomic E-state index is 12.4. The summed E-state index contributed by atoms with van der Waals surface area (Å²) < 4.78 is 26.4. The first-order valence-corrected chi connectivity index (χ1v) is 24.2. The summed E-state index contributed by atoms with van der Waals surface area (Å²) in [6.07, 6.45) is 47.6. The molecular formula is C45H85O8P. The summed E-state index contributed by atoms with van der Waals surface area (Å²) in [5.41, 5.74) is 0. The van der Waals surface area contributed by atoms with E-state index in [0.29, 0.717) is 6.42 Å². The first-order valence-electron chi connectivity index (χ1n) is 22.6. The molecule has 8 nitrogen and oxygen atoms in total. The van der Waals surface area contributed by atoms with E-state index in [1.807, 2.05) is 0 Å². The van der Waals surface area contributed by atoms with Gasteiger partial charge in [-0.15, -0.1) is 0 Å². The van der Waals surface area contributed by atoms with Crippen LogP contribution in [0.4, 0.5) is 0 Å². The Morgan fingerprint density at radius 2 is 0.833 bits per heavy atom. The summed E-state index contributed by atoms with van der Waals surface area (Å²) in [6.45, 7) is 3.68. The molecule has 0 aromatic heterocycles. The number of carbonyl (C=O) groups excluding carboxylic acids is 2. The van der Waals surface area contributed by atoms with Crippen LogP contribution in [0.15, 0.2) is 24.3 Å². The van der Waals surface area contributed by atoms with Crippen molar-refractivity contribution in [3.8, 4) is 0 Å². The lowest BCUT2D eigenvalue weighted by atomic mass is 10.0. The molecule has 0 amide bonds. The molecule has 0 rings (SSSR count). The predicted molar refractivity (Wildman–Crippen MR) is 225 cm³/mol. The van der Waals surface area contributed by atoms with Crippen LogP contribution in [-0.4, -0.2) is 41.0 Å². The molecule has 0 fully saturated rings. The zero-order chi connectivity index (χ0) is 39.6. The van der Waals surface area contributed by atoms with Gasteiger partial charge in [-0.05, 0) is 44.9 Å². The Balaban J connectivity index is 3.84. The summed E-state index contributed by atoms with van der Waals surface area (Å²) in [6, 6.07) is 0. The summed E-state index contributed by atoms with van der Waals surface area (Å²) >= 11 is 0. The number of hydrogen-bond acceptors (Lipinski definition) is 6. The molecule has 0 aliphatic rings. The van der Waals surface area contributed by atoms with Crippen molar-refractivity contribution in [2.75, 3.05) is 13.2 Å². The van der Waals surface area contributed by atoms with Crippen molar-refractivity contribution in [2.24, 2.45) is 0 Å². The molecule has 0 saturated heterocycles. The molecule has 0 spiro atoms. The van der Waals surface area contributed by atoms with Gasteiger partial charge in [0.2, 0.25) is 0 Å². The molecular weight excluding hydrogens is 699 g/mol. The Labute approximate surface area is 332 Å². The van der Waals surface area contributed by atoms with Crippen LogP contribution in [0.3, 0.4) is 0 Å². The molecule has 0 radical (unpaired) electrons. The van der Waals surface area contributed by atoms with Gasteiger partial charge in [0.1, 0.15) is 6.61 Å². The van der Waals surface area contributed by atoms with E-state index in [-0.39, 0.29) is 19.4 Å². The van der Waals surface area contributed by atoms with Crippen LogP contribution in [0.1, 0.15) is 232 Å². The normalized spacial score (nSPS) is 12.6. The quantitative estimate of drug-likeness (QED) is 0.0272. The lowest BCUT2D eigenvalue weighted by Gasteiger charge is -2.18. The van der Waals surface area contributed by atoms with Gasteiger partial charge in [0.05, 0.1) is 6.61 Å². The molecule has 54 heavy (non-hydrogen) atoms. The summed E-state index contributed by atoms with van der Waals surface area (Å²) in [7, 11) is -4.76. The molecule has 0 aliphatic heterocycles. The molecule has 9 heteroatoms. The van der Waals surface area contributed by atoms with E-state index in [4.69, 9.17) is 19.3 Å². The van der Waals surface area contributed by atoms with Crippen molar-refractivity contribution in [2.45, 2.75) is 238 Å². The lowest BCUT2D eigenvalue weighted by Crippen LogP contribution is -2.29. The van der Waals surface area contributed by atoms with Crippen molar-refractivity contribution in [1.29, 1.82) is 0 Å². The topological polar surface area (TPSA) is 119 Å². The van der Waals surface area contributed by atoms with Gasteiger partial charge in [-0.3, -0.25) is 14.1 Å². The largest absolute Gasteiger partial charge is 0.469 e. The highest BCUT2D eigenvalue weighted by Crippen LogP contribution is 2.36. The number of unbranched alkanes of at least 4 members (excludes halogenated alkanes) is 28. The Kier molecular flexibility index (Phi) is 40.1. The number of phosphoric ester groups is 1. The molecule has 318 valence electrons. The Bertz CT molecular complexity index is 931. The molecule has 0 heterocycles. The van der Waals surface area contributed by atoms with Gasteiger partial charge < -0.3 is 19.3 Å². The van der Waals surface area contributed by atoms with Gasteiger partial charge in [0.15, 0.2) is 6.10 Å². The monoisotopic (exact) mass is 785 g/mol. The number of allylic oxidation sites excluding steroid dienone is 4. The average molecular weight is 785 g/mol. The highest BCUT2D eigenvalue weighted by Gasteiger charge is 2.22. The summed E-state index contributed by atoms with van der Waals surface area (Å²) in [5, 5.41) is 0.